The number of urea groups is 1. The number of halogens is 1. The van der Waals surface area contributed by atoms with Gasteiger partial charge in [0.2, 0.25) is 0 Å². The molecule has 0 fully saturated rings. The quantitative estimate of drug-likeness (QED) is 0.675. The summed E-state index contributed by atoms with van der Waals surface area (Å²) in [5.41, 5.74) is 6.61. The Morgan fingerprint density at radius 1 is 1.37 bits per heavy atom. The maximum atomic E-state index is 11.5. The number of primary amides is 1. The van der Waals surface area contributed by atoms with Gasteiger partial charge in [-0.3, -0.25) is 4.79 Å². The highest BCUT2D eigenvalue weighted by Crippen LogP contribution is 2.26. The van der Waals surface area contributed by atoms with E-state index in [1.165, 1.54) is 11.9 Å². The van der Waals surface area contributed by atoms with Crippen molar-refractivity contribution in [3.8, 4) is 0 Å². The molecule has 0 heterocycles. The molecule has 0 atom stereocenters. The lowest BCUT2D eigenvalue weighted by molar-refractivity contribution is -0.142. The topological polar surface area (TPSA) is 75.9 Å². The summed E-state index contributed by atoms with van der Waals surface area (Å²) in [6, 6.07) is 4.67. The Hall–Kier alpha value is -1.60. The van der Waals surface area contributed by atoms with E-state index in [1.54, 1.807) is 37.3 Å². The normalized spacial score (nSPS) is 10.4. The minimum atomic E-state index is -0.614. The van der Waals surface area contributed by atoms with Crippen LogP contribution in [-0.2, 0) is 16.1 Å². The second-order valence-electron chi connectivity index (χ2n) is 4.05. The third kappa shape index (κ3) is 4.22. The fourth-order valence-electron chi connectivity index (χ4n) is 1.59. The number of hydrogen-bond donors (Lipinski definition) is 1. The van der Waals surface area contributed by atoms with E-state index in [1.807, 2.05) is 0 Å². The van der Waals surface area contributed by atoms with Crippen molar-refractivity contribution in [2.24, 2.45) is 5.73 Å². The molecule has 0 spiro atoms. The number of nitrogens with zero attached hydrogens (tertiary/aromatic N) is 2. The minimum Gasteiger partial charge on any atom is -0.461 e. The lowest BCUT2D eigenvalue weighted by Crippen LogP contribution is -2.45. The Morgan fingerprint density at radius 2 is 2.00 bits per heavy atom. The molecule has 0 aliphatic carbocycles. The molecule has 2 amide bonds. The van der Waals surface area contributed by atoms with Gasteiger partial charge in [-0.2, -0.15) is 0 Å². The number of rotatable bonds is 4. The molecule has 0 aromatic heterocycles. The molecule has 2 N–H and O–H groups in total. The Bertz CT molecular complexity index is 491. The molecule has 0 saturated heterocycles. The molecule has 0 saturated carbocycles. The first kappa shape index (κ1) is 15.5. The van der Waals surface area contributed by atoms with E-state index >= 15 is 0 Å². The maximum Gasteiger partial charge on any atom is 0.334 e. The van der Waals surface area contributed by atoms with Gasteiger partial charge in [0.05, 0.1) is 5.69 Å². The van der Waals surface area contributed by atoms with Crippen molar-refractivity contribution in [1.82, 2.24) is 5.01 Å². The first-order valence-corrected chi connectivity index (χ1v) is 6.30. The van der Waals surface area contributed by atoms with Gasteiger partial charge in [0.25, 0.3) is 0 Å². The number of ether oxygens (including phenoxy) is 1. The molecule has 1 rings (SSSR count). The van der Waals surface area contributed by atoms with Gasteiger partial charge >= 0.3 is 12.0 Å². The third-order valence-electron chi connectivity index (χ3n) is 2.31. The number of benzene rings is 1. The minimum absolute atomic E-state index is 0.0712. The highest BCUT2D eigenvalue weighted by molar-refractivity contribution is 9.10. The molecule has 104 valence electrons. The van der Waals surface area contributed by atoms with E-state index in [0.29, 0.717) is 11.3 Å². The van der Waals surface area contributed by atoms with E-state index in [-0.39, 0.29) is 12.6 Å². The highest BCUT2D eigenvalue weighted by Gasteiger charge is 2.19. The standard InChI is InChI=1S/C12H16BrN3O3/c1-8(17)19-7-9-6-10(13)4-5-11(9)16(12(14)18)15(2)3/h4-6H,7H2,1-3H3,(H2,14,18). The van der Waals surface area contributed by atoms with Crippen LogP contribution in [0.5, 0.6) is 0 Å². The largest absolute Gasteiger partial charge is 0.461 e. The number of hydrogen-bond acceptors (Lipinski definition) is 4. The SMILES string of the molecule is CC(=O)OCc1cc(Br)ccc1N(C(N)=O)N(C)C. The van der Waals surface area contributed by atoms with Gasteiger partial charge in [0.1, 0.15) is 6.61 Å². The van der Waals surface area contributed by atoms with E-state index < -0.39 is 6.03 Å². The van der Waals surface area contributed by atoms with Crippen molar-refractivity contribution >= 4 is 33.6 Å². The van der Waals surface area contributed by atoms with Gasteiger partial charge in [-0.15, -0.1) is 0 Å². The second-order valence-corrected chi connectivity index (χ2v) is 4.97. The lowest BCUT2D eigenvalue weighted by atomic mass is 10.2. The average molecular weight is 330 g/mol. The molecule has 0 bridgehead atoms. The van der Waals surface area contributed by atoms with Crippen LogP contribution in [-0.4, -0.2) is 31.1 Å². The number of anilines is 1. The first-order chi connectivity index (χ1) is 8.82. The molecular formula is C12H16BrN3O3. The first-order valence-electron chi connectivity index (χ1n) is 5.51. The van der Waals surface area contributed by atoms with Crippen LogP contribution in [0.15, 0.2) is 22.7 Å². The number of esters is 1. The van der Waals surface area contributed by atoms with E-state index in [2.05, 4.69) is 15.9 Å². The van der Waals surface area contributed by atoms with Crippen molar-refractivity contribution in [3.63, 3.8) is 0 Å². The van der Waals surface area contributed by atoms with Crippen LogP contribution in [0.25, 0.3) is 0 Å². The summed E-state index contributed by atoms with van der Waals surface area (Å²) in [7, 11) is 3.39. The van der Waals surface area contributed by atoms with Crippen LogP contribution < -0.4 is 10.7 Å². The van der Waals surface area contributed by atoms with Gasteiger partial charge < -0.3 is 10.5 Å². The summed E-state index contributed by atoms with van der Waals surface area (Å²) < 4.78 is 5.80. The van der Waals surface area contributed by atoms with Gasteiger partial charge in [0, 0.05) is 31.1 Å². The monoisotopic (exact) mass is 329 g/mol. The van der Waals surface area contributed by atoms with Crippen molar-refractivity contribution in [1.29, 1.82) is 0 Å². The second kappa shape index (κ2) is 6.53. The van der Waals surface area contributed by atoms with Crippen LogP contribution in [0.4, 0.5) is 10.5 Å². The fraction of sp³-hybridized carbons (Fsp3) is 0.333. The van der Waals surface area contributed by atoms with Gasteiger partial charge in [-0.1, -0.05) is 15.9 Å². The molecule has 7 heteroatoms. The summed E-state index contributed by atoms with van der Waals surface area (Å²) in [6.45, 7) is 1.40. The van der Waals surface area contributed by atoms with Crippen molar-refractivity contribution in [2.75, 3.05) is 19.1 Å². The molecule has 0 aliphatic heterocycles. The van der Waals surface area contributed by atoms with Crippen LogP contribution in [0.3, 0.4) is 0 Å². The Balaban J connectivity index is 3.17. The van der Waals surface area contributed by atoms with Gasteiger partial charge in [0.15, 0.2) is 0 Å². The van der Waals surface area contributed by atoms with Crippen LogP contribution in [0.2, 0.25) is 0 Å². The number of amides is 2. The number of carbonyl (C=O) groups is 2. The van der Waals surface area contributed by atoms with Gasteiger partial charge in [-0.05, 0) is 18.2 Å². The smallest absolute Gasteiger partial charge is 0.334 e. The van der Waals surface area contributed by atoms with E-state index in [9.17, 15) is 9.59 Å². The average Bonchev–Trinajstić information content (AvgIpc) is 2.28. The molecule has 0 unspecified atom stereocenters. The van der Waals surface area contributed by atoms with Gasteiger partial charge in [-0.25, -0.2) is 14.8 Å². The van der Waals surface area contributed by atoms with E-state index in [0.717, 1.165) is 4.47 Å². The number of carbonyl (C=O) groups excluding carboxylic acids is 2. The zero-order valence-electron chi connectivity index (χ0n) is 11.0. The summed E-state index contributed by atoms with van der Waals surface area (Å²) in [5.74, 6) is -0.388. The summed E-state index contributed by atoms with van der Waals surface area (Å²) in [5, 5.41) is 2.86. The zero-order chi connectivity index (χ0) is 14.6. The predicted octanol–water partition coefficient (Wildman–Crippen LogP) is 1.87. The van der Waals surface area contributed by atoms with Crippen LogP contribution >= 0.6 is 15.9 Å². The Kier molecular flexibility index (Phi) is 5.31. The van der Waals surface area contributed by atoms with Crippen molar-refractivity contribution in [3.05, 3.63) is 28.2 Å². The van der Waals surface area contributed by atoms with Crippen LogP contribution in [0, 0.1) is 0 Å². The van der Waals surface area contributed by atoms with E-state index in [4.69, 9.17) is 10.5 Å². The Morgan fingerprint density at radius 3 is 2.47 bits per heavy atom. The molecule has 0 aliphatic rings. The predicted molar refractivity (Wildman–Crippen MR) is 75.4 cm³/mol. The van der Waals surface area contributed by atoms with Crippen molar-refractivity contribution in [2.45, 2.75) is 13.5 Å². The van der Waals surface area contributed by atoms with Crippen molar-refractivity contribution < 1.29 is 14.3 Å². The summed E-state index contributed by atoms with van der Waals surface area (Å²) in [6.07, 6.45) is 0. The maximum absolute atomic E-state index is 11.5. The highest BCUT2D eigenvalue weighted by atomic mass is 79.9. The Labute approximate surface area is 120 Å². The number of nitrogens with two attached hydrogens (primary N) is 1. The fourth-order valence-corrected chi connectivity index (χ4v) is 2.00. The molecule has 19 heavy (non-hydrogen) atoms. The molecule has 1 aromatic rings. The molecule has 6 nitrogen and oxygen atoms in total. The number of hydrazine groups is 1. The molecule has 0 radical (unpaired) electrons. The summed E-state index contributed by atoms with van der Waals surface area (Å²) >= 11 is 3.34. The summed E-state index contributed by atoms with van der Waals surface area (Å²) in [4.78, 5) is 22.4. The molecule has 1 aromatic carbocycles. The zero-order valence-corrected chi connectivity index (χ0v) is 12.6. The third-order valence-corrected chi connectivity index (χ3v) is 2.80. The molecular weight excluding hydrogens is 314 g/mol. The van der Waals surface area contributed by atoms with Crippen LogP contribution in [0.1, 0.15) is 12.5 Å². The lowest BCUT2D eigenvalue weighted by Gasteiger charge is -2.28.